The maximum absolute atomic E-state index is 5.65. The van der Waals surface area contributed by atoms with Gasteiger partial charge in [-0.2, -0.15) is 0 Å². The zero-order chi connectivity index (χ0) is 7.73. The number of ether oxygens (including phenoxy) is 1. The molecule has 11 heavy (non-hydrogen) atoms. The van der Waals surface area contributed by atoms with Gasteiger partial charge >= 0.3 is 0 Å². The van der Waals surface area contributed by atoms with Crippen LogP contribution in [-0.4, -0.2) is 12.7 Å². The summed E-state index contributed by atoms with van der Waals surface area (Å²) in [4.78, 5) is 0. The van der Waals surface area contributed by atoms with Crippen LogP contribution in [-0.2, 0) is 4.74 Å². The predicted molar refractivity (Wildman–Crippen MR) is 45.5 cm³/mol. The molecular weight excluding hydrogens is 136 g/mol. The Balaban J connectivity index is 1.98. The smallest absolute Gasteiger partial charge is 0.0553 e. The Morgan fingerprint density at radius 1 is 1.18 bits per heavy atom. The molecule has 0 bridgehead atoms. The summed E-state index contributed by atoms with van der Waals surface area (Å²) in [5.74, 6) is 0. The van der Waals surface area contributed by atoms with Crippen molar-refractivity contribution >= 4 is 0 Å². The quantitative estimate of drug-likeness (QED) is 0.521. The fraction of sp³-hybridized carbons (Fsp3) is 1.00. The maximum Gasteiger partial charge on any atom is 0.0553 e. The third-order valence-electron chi connectivity index (χ3n) is 3.31. The highest BCUT2D eigenvalue weighted by Crippen LogP contribution is 2.44. The van der Waals surface area contributed by atoms with Crippen molar-refractivity contribution in [2.45, 2.75) is 51.6 Å². The van der Waals surface area contributed by atoms with Gasteiger partial charge in [0.25, 0.3) is 0 Å². The first-order chi connectivity index (χ1) is 5.31. The molecule has 64 valence electrons. The average Bonchev–Trinajstić information content (AvgIpc) is 2.34. The third-order valence-corrected chi connectivity index (χ3v) is 3.31. The van der Waals surface area contributed by atoms with Crippen LogP contribution in [0, 0.1) is 5.41 Å². The maximum atomic E-state index is 5.65. The lowest BCUT2D eigenvalue weighted by atomic mass is 9.73. The van der Waals surface area contributed by atoms with Gasteiger partial charge in [0.15, 0.2) is 0 Å². The molecule has 1 aliphatic heterocycles. The van der Waals surface area contributed by atoms with Gasteiger partial charge in [-0.15, -0.1) is 0 Å². The molecule has 0 radical (unpaired) electrons. The Morgan fingerprint density at radius 3 is 2.45 bits per heavy atom. The summed E-state index contributed by atoms with van der Waals surface area (Å²) in [6.45, 7) is 3.26. The van der Waals surface area contributed by atoms with Gasteiger partial charge in [-0.05, 0) is 31.6 Å². The van der Waals surface area contributed by atoms with Gasteiger partial charge in [0, 0.05) is 0 Å². The summed E-state index contributed by atoms with van der Waals surface area (Å²) in [7, 11) is 0. The third kappa shape index (κ3) is 1.44. The molecule has 0 aromatic heterocycles. The molecule has 1 atom stereocenters. The summed E-state index contributed by atoms with van der Waals surface area (Å²) < 4.78 is 5.65. The van der Waals surface area contributed by atoms with Crippen LogP contribution in [0.25, 0.3) is 0 Å². The highest BCUT2D eigenvalue weighted by atomic mass is 16.5. The lowest BCUT2D eigenvalue weighted by molar-refractivity contribution is 0.0926. The van der Waals surface area contributed by atoms with Gasteiger partial charge in [-0.1, -0.05) is 19.3 Å². The van der Waals surface area contributed by atoms with Crippen LogP contribution < -0.4 is 0 Å². The Hall–Kier alpha value is -0.0400. The van der Waals surface area contributed by atoms with Gasteiger partial charge in [-0.3, -0.25) is 0 Å². The lowest BCUT2D eigenvalue weighted by Gasteiger charge is -2.31. The summed E-state index contributed by atoms with van der Waals surface area (Å²) in [6, 6.07) is 0. The zero-order valence-corrected chi connectivity index (χ0v) is 7.44. The van der Waals surface area contributed by atoms with E-state index in [4.69, 9.17) is 4.74 Å². The van der Waals surface area contributed by atoms with Gasteiger partial charge in [0.1, 0.15) is 0 Å². The van der Waals surface area contributed by atoms with Gasteiger partial charge in [0.2, 0.25) is 0 Å². The van der Waals surface area contributed by atoms with Crippen LogP contribution in [0.2, 0.25) is 0 Å². The predicted octanol–water partition coefficient (Wildman–Crippen LogP) is 2.75. The molecule has 0 amide bonds. The molecule has 1 nitrogen and oxygen atoms in total. The SMILES string of the molecule is CC1CC2(CCCCC2)CO1. The van der Waals surface area contributed by atoms with E-state index < -0.39 is 0 Å². The van der Waals surface area contributed by atoms with Crippen molar-refractivity contribution < 1.29 is 4.74 Å². The summed E-state index contributed by atoms with van der Waals surface area (Å²) in [5, 5.41) is 0. The molecule has 1 heteroatoms. The minimum atomic E-state index is 0.535. The minimum Gasteiger partial charge on any atom is -0.378 e. The molecule has 0 aromatic rings. The molecule has 1 saturated carbocycles. The molecule has 1 unspecified atom stereocenters. The van der Waals surface area contributed by atoms with E-state index in [2.05, 4.69) is 6.92 Å². The summed E-state index contributed by atoms with van der Waals surface area (Å²) in [6.07, 6.45) is 9.05. The molecule has 2 aliphatic rings. The number of hydrogen-bond acceptors (Lipinski definition) is 1. The van der Waals surface area contributed by atoms with E-state index in [0.717, 1.165) is 6.61 Å². The standard InChI is InChI=1S/C10H18O/c1-9-7-10(8-11-9)5-3-2-4-6-10/h9H,2-8H2,1H3. The number of hydrogen-bond donors (Lipinski definition) is 0. The molecule has 2 fully saturated rings. The van der Waals surface area contributed by atoms with Crippen LogP contribution in [0.15, 0.2) is 0 Å². The summed E-state index contributed by atoms with van der Waals surface area (Å²) in [5.41, 5.74) is 0.623. The van der Waals surface area contributed by atoms with E-state index in [0.29, 0.717) is 11.5 Å². The van der Waals surface area contributed by atoms with Crippen molar-refractivity contribution in [1.82, 2.24) is 0 Å². The average molecular weight is 154 g/mol. The van der Waals surface area contributed by atoms with Crippen LogP contribution in [0.5, 0.6) is 0 Å². The Labute approximate surface area is 69.1 Å². The number of rotatable bonds is 0. The first-order valence-corrected chi connectivity index (χ1v) is 4.92. The van der Waals surface area contributed by atoms with Crippen molar-refractivity contribution in [2.24, 2.45) is 5.41 Å². The lowest BCUT2D eigenvalue weighted by Crippen LogP contribution is -2.24. The van der Waals surface area contributed by atoms with E-state index >= 15 is 0 Å². The van der Waals surface area contributed by atoms with E-state index in [1.54, 1.807) is 0 Å². The Bertz CT molecular complexity index is 130. The van der Waals surface area contributed by atoms with Crippen LogP contribution >= 0.6 is 0 Å². The first-order valence-electron chi connectivity index (χ1n) is 4.92. The highest BCUT2D eigenvalue weighted by Gasteiger charge is 2.38. The second-order valence-electron chi connectivity index (χ2n) is 4.39. The second-order valence-corrected chi connectivity index (χ2v) is 4.39. The molecule has 0 N–H and O–H groups in total. The van der Waals surface area contributed by atoms with Crippen molar-refractivity contribution in [1.29, 1.82) is 0 Å². The zero-order valence-electron chi connectivity index (χ0n) is 7.44. The Kier molecular flexibility index (Phi) is 1.92. The topological polar surface area (TPSA) is 9.23 Å². The molecule has 0 aromatic carbocycles. The fourth-order valence-electron chi connectivity index (χ4n) is 2.70. The van der Waals surface area contributed by atoms with Crippen molar-refractivity contribution in [3.05, 3.63) is 0 Å². The van der Waals surface area contributed by atoms with E-state index in [9.17, 15) is 0 Å². The van der Waals surface area contributed by atoms with Gasteiger partial charge < -0.3 is 4.74 Å². The van der Waals surface area contributed by atoms with Gasteiger partial charge in [0.05, 0.1) is 12.7 Å². The van der Waals surface area contributed by atoms with E-state index in [-0.39, 0.29) is 0 Å². The Morgan fingerprint density at radius 2 is 1.91 bits per heavy atom. The molecule has 2 rings (SSSR count). The van der Waals surface area contributed by atoms with Crippen molar-refractivity contribution in [2.75, 3.05) is 6.61 Å². The first kappa shape index (κ1) is 7.60. The monoisotopic (exact) mass is 154 g/mol. The second kappa shape index (κ2) is 2.78. The highest BCUT2D eigenvalue weighted by molar-refractivity contribution is 4.88. The van der Waals surface area contributed by atoms with E-state index in [1.165, 1.54) is 38.5 Å². The van der Waals surface area contributed by atoms with Crippen LogP contribution in [0.3, 0.4) is 0 Å². The largest absolute Gasteiger partial charge is 0.378 e. The normalized spacial score (nSPS) is 36.3. The van der Waals surface area contributed by atoms with Crippen LogP contribution in [0.1, 0.15) is 45.4 Å². The van der Waals surface area contributed by atoms with Crippen molar-refractivity contribution in [3.8, 4) is 0 Å². The molecule has 1 heterocycles. The molecule has 1 aliphatic carbocycles. The van der Waals surface area contributed by atoms with Crippen LogP contribution in [0.4, 0.5) is 0 Å². The minimum absolute atomic E-state index is 0.535. The molecule has 1 saturated heterocycles. The van der Waals surface area contributed by atoms with Crippen molar-refractivity contribution in [3.63, 3.8) is 0 Å². The van der Waals surface area contributed by atoms with Gasteiger partial charge in [-0.25, -0.2) is 0 Å². The molecular formula is C10H18O. The molecule has 1 spiro atoms. The summed E-state index contributed by atoms with van der Waals surface area (Å²) >= 11 is 0. The van der Waals surface area contributed by atoms with E-state index in [1.807, 2.05) is 0 Å². The fourth-order valence-corrected chi connectivity index (χ4v) is 2.70.